The normalized spacial score (nSPS) is 20.4. The number of hydrogen-bond donors (Lipinski definition) is 1. The van der Waals surface area contributed by atoms with Crippen LogP contribution < -0.4 is 15.1 Å². The summed E-state index contributed by atoms with van der Waals surface area (Å²) in [6.07, 6.45) is 1.19. The molecular formula is C14H23N3. The van der Waals surface area contributed by atoms with Crippen LogP contribution in [-0.2, 0) is 0 Å². The molecule has 2 rings (SSSR count). The van der Waals surface area contributed by atoms with Gasteiger partial charge < -0.3 is 15.1 Å². The smallest absolute Gasteiger partial charge is 0.0607 e. The number of para-hydroxylation sites is 2. The van der Waals surface area contributed by atoms with Gasteiger partial charge in [0.25, 0.3) is 0 Å². The molecule has 1 aromatic carbocycles. The number of benzene rings is 1. The molecule has 0 amide bonds. The number of rotatable bonds is 3. The Kier molecular flexibility index (Phi) is 3.89. The summed E-state index contributed by atoms with van der Waals surface area (Å²) >= 11 is 0. The van der Waals surface area contributed by atoms with E-state index in [0.717, 1.165) is 19.6 Å². The minimum atomic E-state index is 0.616. The first-order chi connectivity index (χ1) is 8.24. The lowest BCUT2D eigenvalue weighted by molar-refractivity contribution is 0.466. The standard InChI is InChI=1S/C14H23N3/c1-4-12-11-15-9-10-17(12)14-8-6-5-7-13(14)16(2)3/h5-8,12,15H,4,9-11H2,1-3H3. The maximum Gasteiger partial charge on any atom is 0.0607 e. The Bertz CT molecular complexity index is 362. The van der Waals surface area contributed by atoms with Crippen molar-refractivity contribution < 1.29 is 0 Å². The van der Waals surface area contributed by atoms with Crippen molar-refractivity contribution in [3.8, 4) is 0 Å². The Morgan fingerprint density at radius 1 is 1.35 bits per heavy atom. The highest BCUT2D eigenvalue weighted by atomic mass is 15.2. The van der Waals surface area contributed by atoms with Crippen LogP contribution in [0.4, 0.5) is 11.4 Å². The molecule has 3 nitrogen and oxygen atoms in total. The molecule has 1 aliphatic heterocycles. The van der Waals surface area contributed by atoms with Crippen LogP contribution >= 0.6 is 0 Å². The molecule has 94 valence electrons. The molecule has 0 bridgehead atoms. The molecule has 17 heavy (non-hydrogen) atoms. The third kappa shape index (κ3) is 2.55. The van der Waals surface area contributed by atoms with Crippen LogP contribution in [0.1, 0.15) is 13.3 Å². The van der Waals surface area contributed by atoms with Crippen molar-refractivity contribution in [1.29, 1.82) is 0 Å². The summed E-state index contributed by atoms with van der Waals surface area (Å²) in [6, 6.07) is 9.30. The number of nitrogens with zero attached hydrogens (tertiary/aromatic N) is 2. The summed E-state index contributed by atoms with van der Waals surface area (Å²) in [5.41, 5.74) is 2.68. The minimum absolute atomic E-state index is 0.616. The molecule has 0 aliphatic carbocycles. The fourth-order valence-corrected chi connectivity index (χ4v) is 2.53. The lowest BCUT2D eigenvalue weighted by Gasteiger charge is -2.39. The van der Waals surface area contributed by atoms with E-state index in [1.165, 1.54) is 17.8 Å². The van der Waals surface area contributed by atoms with Gasteiger partial charge in [-0.2, -0.15) is 0 Å². The van der Waals surface area contributed by atoms with Crippen LogP contribution in [0, 0.1) is 0 Å². The number of hydrogen-bond acceptors (Lipinski definition) is 3. The third-order valence-corrected chi connectivity index (χ3v) is 3.49. The molecule has 1 fully saturated rings. The quantitative estimate of drug-likeness (QED) is 0.861. The van der Waals surface area contributed by atoms with E-state index >= 15 is 0 Å². The van der Waals surface area contributed by atoms with Gasteiger partial charge in [-0.3, -0.25) is 0 Å². The summed E-state index contributed by atoms with van der Waals surface area (Å²) in [6.45, 7) is 5.54. The number of anilines is 2. The number of nitrogens with one attached hydrogen (secondary N) is 1. The Hall–Kier alpha value is -1.22. The maximum absolute atomic E-state index is 3.48. The predicted octanol–water partition coefficient (Wildman–Crippen LogP) is 1.94. The van der Waals surface area contributed by atoms with E-state index in [4.69, 9.17) is 0 Å². The van der Waals surface area contributed by atoms with Gasteiger partial charge in [-0.25, -0.2) is 0 Å². The summed E-state index contributed by atoms with van der Waals surface area (Å²) < 4.78 is 0. The van der Waals surface area contributed by atoms with Gasteiger partial charge in [0.15, 0.2) is 0 Å². The second kappa shape index (κ2) is 5.41. The Balaban J connectivity index is 2.31. The first-order valence-corrected chi connectivity index (χ1v) is 6.47. The highest BCUT2D eigenvalue weighted by Crippen LogP contribution is 2.30. The third-order valence-electron chi connectivity index (χ3n) is 3.49. The molecule has 1 aliphatic rings. The summed E-state index contributed by atoms with van der Waals surface area (Å²) in [7, 11) is 4.23. The predicted molar refractivity (Wildman–Crippen MR) is 75.1 cm³/mol. The van der Waals surface area contributed by atoms with Gasteiger partial charge in [-0.05, 0) is 18.6 Å². The van der Waals surface area contributed by atoms with Crippen molar-refractivity contribution in [2.24, 2.45) is 0 Å². The van der Waals surface area contributed by atoms with Crippen LogP contribution in [0.2, 0.25) is 0 Å². The molecular weight excluding hydrogens is 210 g/mol. The molecule has 1 saturated heterocycles. The molecule has 0 saturated carbocycles. The zero-order valence-corrected chi connectivity index (χ0v) is 11.1. The van der Waals surface area contributed by atoms with Crippen molar-refractivity contribution >= 4 is 11.4 Å². The van der Waals surface area contributed by atoms with E-state index in [1.807, 2.05) is 0 Å². The fourth-order valence-electron chi connectivity index (χ4n) is 2.53. The average Bonchev–Trinajstić information content (AvgIpc) is 2.38. The Labute approximate surface area is 104 Å². The fraction of sp³-hybridized carbons (Fsp3) is 0.571. The van der Waals surface area contributed by atoms with Gasteiger partial charge in [0, 0.05) is 39.8 Å². The van der Waals surface area contributed by atoms with Gasteiger partial charge in [-0.1, -0.05) is 19.1 Å². The van der Waals surface area contributed by atoms with Crippen molar-refractivity contribution in [3.05, 3.63) is 24.3 Å². The average molecular weight is 233 g/mol. The van der Waals surface area contributed by atoms with Crippen LogP contribution in [-0.4, -0.2) is 39.8 Å². The topological polar surface area (TPSA) is 18.5 Å². The van der Waals surface area contributed by atoms with Crippen molar-refractivity contribution in [2.75, 3.05) is 43.5 Å². The zero-order chi connectivity index (χ0) is 12.3. The molecule has 1 heterocycles. The van der Waals surface area contributed by atoms with Gasteiger partial charge in [-0.15, -0.1) is 0 Å². The van der Waals surface area contributed by atoms with Crippen LogP contribution in [0.25, 0.3) is 0 Å². The molecule has 0 radical (unpaired) electrons. The molecule has 1 N–H and O–H groups in total. The lowest BCUT2D eigenvalue weighted by atomic mass is 10.1. The van der Waals surface area contributed by atoms with Gasteiger partial charge in [0.05, 0.1) is 11.4 Å². The van der Waals surface area contributed by atoms with Gasteiger partial charge in [0.2, 0.25) is 0 Å². The minimum Gasteiger partial charge on any atom is -0.376 e. The monoisotopic (exact) mass is 233 g/mol. The SMILES string of the molecule is CCC1CNCCN1c1ccccc1N(C)C. The van der Waals surface area contributed by atoms with E-state index in [0.29, 0.717) is 6.04 Å². The molecule has 1 atom stereocenters. The molecule has 0 aromatic heterocycles. The van der Waals surface area contributed by atoms with Crippen molar-refractivity contribution in [1.82, 2.24) is 5.32 Å². The highest BCUT2D eigenvalue weighted by molar-refractivity contribution is 5.71. The molecule has 1 aromatic rings. The van der Waals surface area contributed by atoms with Gasteiger partial charge in [0.1, 0.15) is 0 Å². The van der Waals surface area contributed by atoms with E-state index in [1.54, 1.807) is 0 Å². The van der Waals surface area contributed by atoms with Gasteiger partial charge >= 0.3 is 0 Å². The molecule has 0 spiro atoms. The van der Waals surface area contributed by atoms with E-state index in [9.17, 15) is 0 Å². The van der Waals surface area contributed by atoms with Crippen molar-refractivity contribution in [3.63, 3.8) is 0 Å². The van der Waals surface area contributed by atoms with Crippen LogP contribution in [0.3, 0.4) is 0 Å². The Morgan fingerprint density at radius 2 is 2.12 bits per heavy atom. The van der Waals surface area contributed by atoms with E-state index in [-0.39, 0.29) is 0 Å². The Morgan fingerprint density at radius 3 is 2.82 bits per heavy atom. The summed E-state index contributed by atoms with van der Waals surface area (Å²) in [5, 5.41) is 3.48. The second-order valence-electron chi connectivity index (χ2n) is 4.84. The zero-order valence-electron chi connectivity index (χ0n) is 11.1. The largest absolute Gasteiger partial charge is 0.376 e. The maximum atomic E-state index is 3.48. The van der Waals surface area contributed by atoms with Crippen LogP contribution in [0.5, 0.6) is 0 Å². The van der Waals surface area contributed by atoms with Crippen LogP contribution in [0.15, 0.2) is 24.3 Å². The lowest BCUT2D eigenvalue weighted by Crippen LogP contribution is -2.51. The second-order valence-corrected chi connectivity index (χ2v) is 4.84. The molecule has 3 heteroatoms. The summed E-state index contributed by atoms with van der Waals surface area (Å²) in [4.78, 5) is 4.75. The first-order valence-electron chi connectivity index (χ1n) is 6.47. The first kappa shape index (κ1) is 12.2. The van der Waals surface area contributed by atoms with Crippen molar-refractivity contribution in [2.45, 2.75) is 19.4 Å². The number of piperazine rings is 1. The van der Waals surface area contributed by atoms with E-state index < -0.39 is 0 Å². The molecule has 1 unspecified atom stereocenters. The summed E-state index contributed by atoms with van der Waals surface area (Å²) in [5.74, 6) is 0. The highest BCUT2D eigenvalue weighted by Gasteiger charge is 2.22. The van der Waals surface area contributed by atoms with E-state index in [2.05, 4.69) is 60.4 Å².